The fraction of sp³-hybridized carbons (Fsp3) is 0.667. The number of carbonyl (C=O) groups excluding carboxylic acids is 1. The summed E-state index contributed by atoms with van der Waals surface area (Å²) in [6, 6.07) is 0. The molecule has 0 rings (SSSR count). The zero-order valence-corrected chi connectivity index (χ0v) is 13.7. The number of aliphatic carboxylic acids is 1. The first kappa shape index (κ1) is 28.6. The second-order valence-corrected chi connectivity index (χ2v) is 5.35. The van der Waals surface area contributed by atoms with Gasteiger partial charge in [-0.05, 0) is 0 Å². The Morgan fingerprint density at radius 2 is 0.968 bits per heavy atom. The molecule has 0 aromatic rings. The van der Waals surface area contributed by atoms with E-state index < -0.39 is 60.3 Å². The molecule has 0 aromatic carbocycles. The summed E-state index contributed by atoms with van der Waals surface area (Å²) in [6.45, 7) is -3.34. The Morgan fingerprint density at radius 3 is 1.32 bits per heavy atom. The van der Waals surface area contributed by atoms with Gasteiger partial charge in [-0.15, -0.1) is 0 Å². The van der Waals surface area contributed by atoms with Crippen LogP contribution in [-0.2, 0) is 14.3 Å². The number of halogens is 15. The highest BCUT2D eigenvalue weighted by atomic mass is 19.4. The molecular weight excluding hydrogens is 493 g/mol. The highest BCUT2D eigenvalue weighted by molar-refractivity contribution is 5.90. The van der Waals surface area contributed by atoms with Crippen LogP contribution < -0.4 is 0 Å². The first-order chi connectivity index (χ1) is 13.3. The molecule has 0 aromatic heterocycles. The van der Waals surface area contributed by atoms with E-state index in [0.29, 0.717) is 0 Å². The number of alkyl halides is 15. The Hall–Kier alpha value is -2.37. The number of rotatable bonds is 9. The van der Waals surface area contributed by atoms with Crippen molar-refractivity contribution in [1.29, 1.82) is 0 Å². The van der Waals surface area contributed by atoms with Crippen molar-refractivity contribution in [2.45, 2.75) is 41.7 Å². The zero-order valence-electron chi connectivity index (χ0n) is 13.7. The van der Waals surface area contributed by atoms with Crippen molar-refractivity contribution in [2.75, 3.05) is 6.61 Å². The number of carboxylic acids is 1. The minimum absolute atomic E-state index is 0.179. The van der Waals surface area contributed by atoms with E-state index in [1.54, 1.807) is 0 Å². The summed E-state index contributed by atoms with van der Waals surface area (Å²) in [5, 5.41) is 8.06. The van der Waals surface area contributed by atoms with Crippen LogP contribution in [0.2, 0.25) is 0 Å². The topological polar surface area (TPSA) is 63.6 Å². The molecule has 0 aliphatic carbocycles. The van der Waals surface area contributed by atoms with Crippen LogP contribution >= 0.6 is 0 Å². The fourth-order valence-corrected chi connectivity index (χ4v) is 1.44. The molecule has 1 N–H and O–H groups in total. The molecule has 182 valence electrons. The molecule has 0 spiro atoms. The predicted octanol–water partition coefficient (Wildman–Crippen LogP) is 4.54. The minimum atomic E-state index is -8.45. The molecule has 0 heterocycles. The summed E-state index contributed by atoms with van der Waals surface area (Å²) >= 11 is 0. The standard InChI is InChI=1S/C12H5F15O4/c13-6(14,3-31-5(30)2-1-4(28)29)7(15,16)8(17,18)9(19,20)10(21,22)11(23,24)12(25,26)27/h1-2H,3H2,(H,28,29)/b2-1-. The van der Waals surface area contributed by atoms with Gasteiger partial charge in [0.1, 0.15) is 0 Å². The third-order valence-corrected chi connectivity index (χ3v) is 3.15. The SMILES string of the molecule is O=C(O)/C=C\C(=O)OCC(F)(F)C(F)(F)C(F)(F)C(F)(F)C(F)(F)C(F)(F)C(F)(F)F. The van der Waals surface area contributed by atoms with Gasteiger partial charge in [0.15, 0.2) is 6.61 Å². The molecule has 0 radical (unpaired) electrons. The van der Waals surface area contributed by atoms with E-state index in [-0.39, 0.29) is 12.2 Å². The first-order valence-corrected chi connectivity index (χ1v) is 6.72. The van der Waals surface area contributed by atoms with Gasteiger partial charge >= 0.3 is 53.7 Å². The van der Waals surface area contributed by atoms with Gasteiger partial charge in [0.25, 0.3) is 0 Å². The van der Waals surface area contributed by atoms with Gasteiger partial charge in [-0.1, -0.05) is 0 Å². The lowest BCUT2D eigenvalue weighted by Gasteiger charge is -2.41. The van der Waals surface area contributed by atoms with Crippen LogP contribution in [0.25, 0.3) is 0 Å². The van der Waals surface area contributed by atoms with E-state index >= 15 is 0 Å². The van der Waals surface area contributed by atoms with Crippen LogP contribution in [0.15, 0.2) is 12.2 Å². The number of esters is 1. The lowest BCUT2D eigenvalue weighted by Crippen LogP contribution is -2.73. The van der Waals surface area contributed by atoms with Crippen molar-refractivity contribution < 1.29 is 85.3 Å². The molecule has 19 heteroatoms. The molecule has 4 nitrogen and oxygen atoms in total. The molecule has 0 atom stereocenters. The molecular formula is C12H5F15O4. The first-order valence-electron chi connectivity index (χ1n) is 6.72. The Balaban J connectivity index is 6.14. The summed E-state index contributed by atoms with van der Waals surface area (Å²) < 4.78 is 196. The van der Waals surface area contributed by atoms with E-state index in [4.69, 9.17) is 5.11 Å². The second kappa shape index (κ2) is 7.95. The molecule has 0 saturated carbocycles. The third-order valence-electron chi connectivity index (χ3n) is 3.15. The van der Waals surface area contributed by atoms with Gasteiger partial charge in [0.2, 0.25) is 0 Å². The Bertz CT molecular complexity index is 722. The number of hydrogen-bond acceptors (Lipinski definition) is 3. The van der Waals surface area contributed by atoms with Gasteiger partial charge in [-0.3, -0.25) is 0 Å². The average Bonchev–Trinajstić information content (AvgIpc) is 2.56. The van der Waals surface area contributed by atoms with E-state index in [0.717, 1.165) is 0 Å². The number of ether oxygens (including phenoxy) is 1. The van der Waals surface area contributed by atoms with Gasteiger partial charge in [-0.2, -0.15) is 65.9 Å². The zero-order chi connectivity index (χ0) is 25.5. The monoisotopic (exact) mass is 498 g/mol. The average molecular weight is 498 g/mol. The summed E-state index contributed by atoms with van der Waals surface area (Å²) in [5.41, 5.74) is 0. The van der Waals surface area contributed by atoms with Crippen LogP contribution in [0, 0.1) is 0 Å². The van der Waals surface area contributed by atoms with Crippen molar-refractivity contribution in [2.24, 2.45) is 0 Å². The minimum Gasteiger partial charge on any atom is -0.478 e. The van der Waals surface area contributed by atoms with Crippen LogP contribution in [0.4, 0.5) is 65.9 Å². The van der Waals surface area contributed by atoms with Crippen LogP contribution in [0.3, 0.4) is 0 Å². The molecule has 0 aliphatic rings. The molecule has 0 aliphatic heterocycles. The van der Waals surface area contributed by atoms with Crippen LogP contribution in [0.1, 0.15) is 0 Å². The van der Waals surface area contributed by atoms with Crippen molar-refractivity contribution in [1.82, 2.24) is 0 Å². The quantitative estimate of drug-likeness (QED) is 0.288. The molecule has 0 fully saturated rings. The lowest BCUT2D eigenvalue weighted by atomic mass is 9.91. The maximum absolute atomic E-state index is 13.3. The number of carbonyl (C=O) groups is 2. The Morgan fingerprint density at radius 1 is 0.613 bits per heavy atom. The summed E-state index contributed by atoms with van der Waals surface area (Å²) in [7, 11) is 0. The molecule has 31 heavy (non-hydrogen) atoms. The maximum atomic E-state index is 13.3. The van der Waals surface area contributed by atoms with E-state index in [1.807, 2.05) is 0 Å². The predicted molar refractivity (Wildman–Crippen MR) is 63.5 cm³/mol. The van der Waals surface area contributed by atoms with Crippen LogP contribution in [-0.4, -0.2) is 65.4 Å². The number of carboxylic acid groups (broad SMARTS) is 1. The van der Waals surface area contributed by atoms with Gasteiger partial charge in [0.05, 0.1) is 0 Å². The van der Waals surface area contributed by atoms with Crippen molar-refractivity contribution in [3.63, 3.8) is 0 Å². The van der Waals surface area contributed by atoms with Gasteiger partial charge in [0, 0.05) is 12.2 Å². The summed E-state index contributed by atoms with van der Waals surface area (Å²) in [4.78, 5) is 20.7. The van der Waals surface area contributed by atoms with Crippen LogP contribution in [0.5, 0.6) is 0 Å². The lowest BCUT2D eigenvalue weighted by molar-refractivity contribution is -0.453. The molecule has 0 saturated heterocycles. The third kappa shape index (κ3) is 4.63. The molecule has 0 bridgehead atoms. The summed E-state index contributed by atoms with van der Waals surface area (Å²) in [5.74, 6) is -52.0. The normalized spacial score (nSPS) is 15.3. The second-order valence-electron chi connectivity index (χ2n) is 5.35. The highest BCUT2D eigenvalue weighted by Gasteiger charge is 2.93. The smallest absolute Gasteiger partial charge is 0.460 e. The summed E-state index contributed by atoms with van der Waals surface area (Å²) in [6.07, 6.45) is -8.18. The van der Waals surface area contributed by atoms with Gasteiger partial charge < -0.3 is 9.84 Å². The Labute approximate surface area is 159 Å². The molecule has 0 amide bonds. The highest BCUT2D eigenvalue weighted by Crippen LogP contribution is 2.62. The Kier molecular flexibility index (Phi) is 7.35. The number of hydrogen-bond donors (Lipinski definition) is 1. The van der Waals surface area contributed by atoms with Gasteiger partial charge in [-0.25, -0.2) is 9.59 Å². The fourth-order valence-electron chi connectivity index (χ4n) is 1.44. The van der Waals surface area contributed by atoms with E-state index in [1.165, 1.54) is 0 Å². The largest absolute Gasteiger partial charge is 0.478 e. The molecule has 0 unspecified atom stereocenters. The van der Waals surface area contributed by atoms with E-state index in [2.05, 4.69) is 4.74 Å². The van der Waals surface area contributed by atoms with Crippen molar-refractivity contribution in [3.8, 4) is 0 Å². The van der Waals surface area contributed by atoms with Crippen molar-refractivity contribution >= 4 is 11.9 Å². The van der Waals surface area contributed by atoms with Crippen molar-refractivity contribution in [3.05, 3.63) is 12.2 Å². The van der Waals surface area contributed by atoms with E-state index in [9.17, 15) is 75.4 Å². The maximum Gasteiger partial charge on any atom is 0.460 e.